The molecule has 0 atom stereocenters. The van der Waals surface area contributed by atoms with Gasteiger partial charge in [0, 0.05) is 17.1 Å². The Bertz CT molecular complexity index is 346. The average molecular weight is 297 g/mol. The van der Waals surface area contributed by atoms with Crippen LogP contribution in [0.25, 0.3) is 0 Å². The largest absolute Gasteiger partial charge is 0.314 e. The van der Waals surface area contributed by atoms with Crippen LogP contribution in [0.5, 0.6) is 0 Å². The number of benzene rings is 1. The summed E-state index contributed by atoms with van der Waals surface area (Å²) < 4.78 is 1.18. The van der Waals surface area contributed by atoms with Gasteiger partial charge in [0.1, 0.15) is 0 Å². The molecule has 0 aromatic heterocycles. The summed E-state index contributed by atoms with van der Waals surface area (Å²) in [5.41, 5.74) is 1.40. The van der Waals surface area contributed by atoms with Gasteiger partial charge in [-0.1, -0.05) is 35.0 Å². The SMILES string of the molecule is CCNC1CCN(Cc2cccc(Br)c2)CC1. The van der Waals surface area contributed by atoms with E-state index in [1.165, 1.54) is 36.0 Å². The number of halogens is 1. The van der Waals surface area contributed by atoms with Crippen molar-refractivity contribution in [2.75, 3.05) is 19.6 Å². The number of likely N-dealkylation sites (tertiary alicyclic amines) is 1. The van der Waals surface area contributed by atoms with Crippen molar-refractivity contribution in [1.29, 1.82) is 0 Å². The molecule has 2 rings (SSSR count). The van der Waals surface area contributed by atoms with Crippen LogP contribution in [0.1, 0.15) is 25.3 Å². The molecule has 1 saturated heterocycles. The Labute approximate surface area is 113 Å². The smallest absolute Gasteiger partial charge is 0.0234 e. The molecule has 0 unspecified atom stereocenters. The first-order valence-electron chi connectivity index (χ1n) is 6.48. The van der Waals surface area contributed by atoms with Gasteiger partial charge in [-0.3, -0.25) is 4.90 Å². The Morgan fingerprint density at radius 3 is 2.76 bits per heavy atom. The van der Waals surface area contributed by atoms with Gasteiger partial charge in [-0.05, 0) is 50.2 Å². The number of hydrogen-bond acceptors (Lipinski definition) is 2. The van der Waals surface area contributed by atoms with Gasteiger partial charge in [0.2, 0.25) is 0 Å². The van der Waals surface area contributed by atoms with Crippen molar-refractivity contribution in [1.82, 2.24) is 10.2 Å². The molecule has 1 aromatic carbocycles. The van der Waals surface area contributed by atoms with E-state index in [2.05, 4.69) is 57.3 Å². The standard InChI is InChI=1S/C14H21BrN2/c1-2-16-14-6-8-17(9-7-14)11-12-4-3-5-13(15)10-12/h3-5,10,14,16H,2,6-9,11H2,1H3. The van der Waals surface area contributed by atoms with Crippen LogP contribution in [0, 0.1) is 0 Å². The molecule has 1 heterocycles. The van der Waals surface area contributed by atoms with E-state index in [9.17, 15) is 0 Å². The van der Waals surface area contributed by atoms with Gasteiger partial charge >= 0.3 is 0 Å². The van der Waals surface area contributed by atoms with Crippen LogP contribution in [0.4, 0.5) is 0 Å². The molecule has 0 amide bonds. The van der Waals surface area contributed by atoms with Gasteiger partial charge in [0.05, 0.1) is 0 Å². The first-order chi connectivity index (χ1) is 8.28. The summed E-state index contributed by atoms with van der Waals surface area (Å²) in [7, 11) is 0. The van der Waals surface area contributed by atoms with E-state index >= 15 is 0 Å². The van der Waals surface area contributed by atoms with Crippen LogP contribution in [-0.4, -0.2) is 30.6 Å². The molecule has 0 radical (unpaired) electrons. The molecular formula is C14H21BrN2. The third-order valence-corrected chi connectivity index (χ3v) is 3.87. The maximum atomic E-state index is 3.54. The third kappa shape index (κ3) is 4.09. The predicted molar refractivity (Wildman–Crippen MR) is 76.1 cm³/mol. The van der Waals surface area contributed by atoms with Crippen LogP contribution >= 0.6 is 15.9 Å². The van der Waals surface area contributed by atoms with Crippen molar-refractivity contribution in [3.05, 3.63) is 34.3 Å². The lowest BCUT2D eigenvalue weighted by Crippen LogP contribution is -2.42. The van der Waals surface area contributed by atoms with Gasteiger partial charge in [-0.15, -0.1) is 0 Å². The number of rotatable bonds is 4. The summed E-state index contributed by atoms with van der Waals surface area (Å²) in [6.07, 6.45) is 2.56. The van der Waals surface area contributed by atoms with Gasteiger partial charge in [0.15, 0.2) is 0 Å². The zero-order valence-corrected chi connectivity index (χ0v) is 12.0. The number of piperidine rings is 1. The quantitative estimate of drug-likeness (QED) is 0.919. The first-order valence-corrected chi connectivity index (χ1v) is 7.27. The lowest BCUT2D eigenvalue weighted by Gasteiger charge is -2.32. The summed E-state index contributed by atoms with van der Waals surface area (Å²) in [5.74, 6) is 0. The van der Waals surface area contributed by atoms with E-state index in [4.69, 9.17) is 0 Å². The average Bonchev–Trinajstić information content (AvgIpc) is 2.32. The second-order valence-corrected chi connectivity index (χ2v) is 5.65. The summed E-state index contributed by atoms with van der Waals surface area (Å²) in [4.78, 5) is 2.55. The molecule has 1 aliphatic heterocycles. The van der Waals surface area contributed by atoms with Gasteiger partial charge < -0.3 is 5.32 Å². The van der Waals surface area contributed by atoms with E-state index < -0.39 is 0 Å². The van der Waals surface area contributed by atoms with Gasteiger partial charge in [-0.2, -0.15) is 0 Å². The van der Waals surface area contributed by atoms with Crippen LogP contribution in [0.3, 0.4) is 0 Å². The highest BCUT2D eigenvalue weighted by molar-refractivity contribution is 9.10. The molecule has 1 aliphatic rings. The summed E-state index contributed by atoms with van der Waals surface area (Å²) >= 11 is 3.53. The second kappa shape index (κ2) is 6.53. The minimum atomic E-state index is 0.735. The molecule has 17 heavy (non-hydrogen) atoms. The highest BCUT2D eigenvalue weighted by Crippen LogP contribution is 2.16. The highest BCUT2D eigenvalue weighted by Gasteiger charge is 2.17. The monoisotopic (exact) mass is 296 g/mol. The third-order valence-electron chi connectivity index (χ3n) is 3.38. The number of nitrogens with one attached hydrogen (secondary N) is 1. The maximum absolute atomic E-state index is 3.54. The minimum absolute atomic E-state index is 0.735. The van der Waals surface area contributed by atoms with Crippen molar-refractivity contribution in [2.24, 2.45) is 0 Å². The molecule has 0 spiro atoms. The van der Waals surface area contributed by atoms with E-state index in [1.807, 2.05) is 0 Å². The molecule has 1 aromatic rings. The number of nitrogens with zero attached hydrogens (tertiary/aromatic N) is 1. The van der Waals surface area contributed by atoms with E-state index in [0.29, 0.717) is 0 Å². The fraction of sp³-hybridized carbons (Fsp3) is 0.571. The predicted octanol–water partition coefficient (Wildman–Crippen LogP) is 3.02. The van der Waals surface area contributed by atoms with E-state index in [-0.39, 0.29) is 0 Å². The highest BCUT2D eigenvalue weighted by atomic mass is 79.9. The van der Waals surface area contributed by atoms with Crippen LogP contribution < -0.4 is 5.32 Å². The molecule has 0 bridgehead atoms. The fourth-order valence-corrected chi connectivity index (χ4v) is 2.92. The van der Waals surface area contributed by atoms with Crippen molar-refractivity contribution >= 4 is 15.9 Å². The molecular weight excluding hydrogens is 276 g/mol. The Kier molecular flexibility index (Phi) is 5.01. The molecule has 0 saturated carbocycles. The Balaban J connectivity index is 1.82. The zero-order chi connectivity index (χ0) is 12.1. The normalized spacial score (nSPS) is 18.5. The molecule has 1 fully saturated rings. The lowest BCUT2D eigenvalue weighted by molar-refractivity contribution is 0.192. The van der Waals surface area contributed by atoms with E-state index in [1.54, 1.807) is 0 Å². The first kappa shape index (κ1) is 13.1. The maximum Gasteiger partial charge on any atom is 0.0234 e. The Morgan fingerprint density at radius 1 is 1.35 bits per heavy atom. The van der Waals surface area contributed by atoms with Crippen molar-refractivity contribution in [2.45, 2.75) is 32.4 Å². The molecule has 3 heteroatoms. The van der Waals surface area contributed by atoms with Crippen molar-refractivity contribution < 1.29 is 0 Å². The summed E-state index contributed by atoms with van der Waals surface area (Å²) in [5, 5.41) is 3.54. The van der Waals surface area contributed by atoms with Crippen molar-refractivity contribution in [3.63, 3.8) is 0 Å². The number of hydrogen-bond donors (Lipinski definition) is 1. The second-order valence-electron chi connectivity index (χ2n) is 4.74. The summed E-state index contributed by atoms with van der Waals surface area (Å²) in [6, 6.07) is 9.36. The molecule has 1 N–H and O–H groups in total. The Hall–Kier alpha value is -0.380. The summed E-state index contributed by atoms with van der Waals surface area (Å²) in [6.45, 7) is 6.79. The van der Waals surface area contributed by atoms with Crippen molar-refractivity contribution in [3.8, 4) is 0 Å². The fourth-order valence-electron chi connectivity index (χ4n) is 2.48. The zero-order valence-electron chi connectivity index (χ0n) is 10.5. The Morgan fingerprint density at radius 2 is 2.12 bits per heavy atom. The molecule has 2 nitrogen and oxygen atoms in total. The van der Waals surface area contributed by atoms with Crippen LogP contribution in [0.2, 0.25) is 0 Å². The lowest BCUT2D eigenvalue weighted by atomic mass is 10.0. The molecule has 0 aliphatic carbocycles. The van der Waals surface area contributed by atoms with Crippen LogP contribution in [-0.2, 0) is 6.54 Å². The van der Waals surface area contributed by atoms with E-state index in [0.717, 1.165) is 19.1 Å². The van der Waals surface area contributed by atoms with Crippen LogP contribution in [0.15, 0.2) is 28.7 Å². The minimum Gasteiger partial charge on any atom is -0.314 e. The molecule has 94 valence electrons. The van der Waals surface area contributed by atoms with Gasteiger partial charge in [-0.25, -0.2) is 0 Å². The van der Waals surface area contributed by atoms with Gasteiger partial charge in [0.25, 0.3) is 0 Å². The topological polar surface area (TPSA) is 15.3 Å².